The fourth-order valence-electron chi connectivity index (χ4n) is 1.57. The quantitative estimate of drug-likeness (QED) is 0.238. The first-order valence-corrected chi connectivity index (χ1v) is 5.03. The smallest absolute Gasteiger partial charge is 0.320 e. The standard InChI is InChI=1S/C10H18N2O3/c1-9(2,3)15-8(13)10(5-4-6-10)7(11)12-14/h14H,4-6H2,1-3H3,(H2,11,12). The normalized spacial score (nSPS) is 20.6. The number of rotatable bonds is 2. The third-order valence-corrected chi connectivity index (χ3v) is 2.59. The van der Waals surface area contributed by atoms with Crippen molar-refractivity contribution in [3.05, 3.63) is 0 Å². The first kappa shape index (κ1) is 11.8. The minimum atomic E-state index is -0.887. The summed E-state index contributed by atoms with van der Waals surface area (Å²) >= 11 is 0. The highest BCUT2D eigenvalue weighted by atomic mass is 16.6. The van der Waals surface area contributed by atoms with Crippen molar-refractivity contribution in [2.24, 2.45) is 16.3 Å². The van der Waals surface area contributed by atoms with E-state index in [4.69, 9.17) is 15.7 Å². The van der Waals surface area contributed by atoms with Gasteiger partial charge in [-0.1, -0.05) is 11.6 Å². The maximum absolute atomic E-state index is 11.9. The van der Waals surface area contributed by atoms with Gasteiger partial charge in [0.25, 0.3) is 0 Å². The molecule has 0 radical (unpaired) electrons. The van der Waals surface area contributed by atoms with Gasteiger partial charge in [-0.3, -0.25) is 4.79 Å². The molecule has 0 aliphatic heterocycles. The van der Waals surface area contributed by atoms with Crippen LogP contribution in [0.3, 0.4) is 0 Å². The molecule has 1 saturated carbocycles. The Labute approximate surface area is 89.3 Å². The average molecular weight is 214 g/mol. The molecule has 0 atom stereocenters. The molecule has 0 bridgehead atoms. The second kappa shape index (κ2) is 3.72. The lowest BCUT2D eigenvalue weighted by atomic mass is 9.68. The molecule has 5 nitrogen and oxygen atoms in total. The highest BCUT2D eigenvalue weighted by molar-refractivity contribution is 6.05. The van der Waals surface area contributed by atoms with Gasteiger partial charge < -0.3 is 15.7 Å². The van der Waals surface area contributed by atoms with Crippen molar-refractivity contribution in [3.8, 4) is 0 Å². The highest BCUT2D eigenvalue weighted by Crippen LogP contribution is 2.43. The molecular weight excluding hydrogens is 196 g/mol. The summed E-state index contributed by atoms with van der Waals surface area (Å²) in [6.07, 6.45) is 2.09. The van der Waals surface area contributed by atoms with Crippen LogP contribution in [0.1, 0.15) is 40.0 Å². The summed E-state index contributed by atoms with van der Waals surface area (Å²) in [7, 11) is 0. The average Bonchev–Trinajstić information content (AvgIpc) is 1.98. The van der Waals surface area contributed by atoms with E-state index in [0.29, 0.717) is 12.8 Å². The van der Waals surface area contributed by atoms with Gasteiger partial charge in [0, 0.05) is 0 Å². The molecule has 0 spiro atoms. The van der Waals surface area contributed by atoms with E-state index in [1.165, 1.54) is 0 Å². The molecule has 0 amide bonds. The SMILES string of the molecule is CC(C)(C)OC(=O)C1(/C(N)=N/O)CCC1. The van der Waals surface area contributed by atoms with Gasteiger partial charge in [0.05, 0.1) is 0 Å². The Morgan fingerprint density at radius 2 is 2.00 bits per heavy atom. The zero-order valence-electron chi connectivity index (χ0n) is 9.41. The Hall–Kier alpha value is -1.26. The van der Waals surface area contributed by atoms with Crippen molar-refractivity contribution in [2.75, 3.05) is 0 Å². The van der Waals surface area contributed by atoms with E-state index in [-0.39, 0.29) is 5.84 Å². The van der Waals surface area contributed by atoms with E-state index >= 15 is 0 Å². The van der Waals surface area contributed by atoms with Gasteiger partial charge in [0.2, 0.25) is 0 Å². The topological polar surface area (TPSA) is 84.9 Å². The van der Waals surface area contributed by atoms with Crippen LogP contribution in [0.4, 0.5) is 0 Å². The molecule has 3 N–H and O–H groups in total. The number of carbonyl (C=O) groups is 1. The monoisotopic (exact) mass is 214 g/mol. The number of hydrogen-bond donors (Lipinski definition) is 2. The summed E-state index contributed by atoms with van der Waals surface area (Å²) in [5.74, 6) is -0.431. The Kier molecular flexibility index (Phi) is 2.93. The number of ether oxygens (including phenoxy) is 1. The fourth-order valence-corrected chi connectivity index (χ4v) is 1.57. The highest BCUT2D eigenvalue weighted by Gasteiger charge is 2.50. The van der Waals surface area contributed by atoms with Crippen molar-refractivity contribution < 1.29 is 14.7 Å². The summed E-state index contributed by atoms with van der Waals surface area (Å²) in [5, 5.41) is 11.6. The third kappa shape index (κ3) is 2.22. The van der Waals surface area contributed by atoms with Crippen LogP contribution < -0.4 is 5.73 Å². The largest absolute Gasteiger partial charge is 0.459 e. The lowest BCUT2D eigenvalue weighted by Gasteiger charge is -2.39. The van der Waals surface area contributed by atoms with E-state index in [0.717, 1.165) is 6.42 Å². The summed E-state index contributed by atoms with van der Waals surface area (Å²) in [5.41, 5.74) is 4.10. The maximum atomic E-state index is 11.9. The predicted octanol–water partition coefficient (Wildman–Crippen LogP) is 1.24. The number of esters is 1. The van der Waals surface area contributed by atoms with Crippen LogP contribution in [-0.2, 0) is 9.53 Å². The van der Waals surface area contributed by atoms with Crippen molar-refractivity contribution in [1.29, 1.82) is 0 Å². The van der Waals surface area contributed by atoms with Gasteiger partial charge >= 0.3 is 5.97 Å². The predicted molar refractivity (Wildman–Crippen MR) is 55.5 cm³/mol. The van der Waals surface area contributed by atoms with E-state index in [2.05, 4.69) is 5.16 Å². The number of nitrogens with zero attached hydrogens (tertiary/aromatic N) is 1. The number of carbonyl (C=O) groups excluding carboxylic acids is 1. The van der Waals surface area contributed by atoms with Crippen LogP contribution in [-0.4, -0.2) is 22.6 Å². The molecule has 0 aromatic carbocycles. The minimum Gasteiger partial charge on any atom is -0.459 e. The summed E-state index contributed by atoms with van der Waals surface area (Å²) in [6.45, 7) is 5.39. The Balaban J connectivity index is 2.80. The molecule has 1 rings (SSSR count). The van der Waals surface area contributed by atoms with Gasteiger partial charge in [0.1, 0.15) is 11.0 Å². The Bertz CT molecular complexity index is 288. The Morgan fingerprint density at radius 1 is 1.47 bits per heavy atom. The Morgan fingerprint density at radius 3 is 2.27 bits per heavy atom. The molecule has 0 aromatic heterocycles. The molecular formula is C10H18N2O3. The number of hydrogen-bond acceptors (Lipinski definition) is 4. The van der Waals surface area contributed by atoms with Crippen molar-refractivity contribution in [1.82, 2.24) is 0 Å². The molecule has 5 heteroatoms. The van der Waals surface area contributed by atoms with Gasteiger partial charge in [-0.05, 0) is 33.6 Å². The third-order valence-electron chi connectivity index (χ3n) is 2.59. The summed E-state index contributed by atoms with van der Waals surface area (Å²) < 4.78 is 5.26. The summed E-state index contributed by atoms with van der Waals surface area (Å²) in [6, 6.07) is 0. The molecule has 86 valence electrons. The zero-order chi connectivity index (χ0) is 11.7. The maximum Gasteiger partial charge on any atom is 0.320 e. The molecule has 15 heavy (non-hydrogen) atoms. The second-order valence-corrected chi connectivity index (χ2v) is 4.92. The molecule has 1 fully saturated rings. The molecule has 0 aromatic rings. The second-order valence-electron chi connectivity index (χ2n) is 4.92. The van der Waals surface area contributed by atoms with Crippen molar-refractivity contribution in [2.45, 2.75) is 45.6 Å². The first-order chi connectivity index (χ1) is 6.82. The van der Waals surface area contributed by atoms with Crippen molar-refractivity contribution in [3.63, 3.8) is 0 Å². The van der Waals surface area contributed by atoms with Gasteiger partial charge in [-0.2, -0.15) is 0 Å². The lowest BCUT2D eigenvalue weighted by Crippen LogP contribution is -2.51. The van der Waals surface area contributed by atoms with Crippen LogP contribution in [0.15, 0.2) is 5.16 Å². The number of oxime groups is 1. The molecule has 0 unspecified atom stereocenters. The van der Waals surface area contributed by atoms with Gasteiger partial charge in [-0.15, -0.1) is 0 Å². The van der Waals surface area contributed by atoms with E-state index < -0.39 is 17.0 Å². The van der Waals surface area contributed by atoms with E-state index in [1.807, 2.05) is 0 Å². The zero-order valence-corrected chi connectivity index (χ0v) is 9.41. The van der Waals surface area contributed by atoms with Gasteiger partial charge in [0.15, 0.2) is 5.84 Å². The van der Waals surface area contributed by atoms with Crippen LogP contribution >= 0.6 is 0 Å². The minimum absolute atomic E-state index is 0.0389. The van der Waals surface area contributed by atoms with Crippen LogP contribution in [0.2, 0.25) is 0 Å². The van der Waals surface area contributed by atoms with Crippen molar-refractivity contribution >= 4 is 11.8 Å². The number of amidine groups is 1. The van der Waals surface area contributed by atoms with Crippen LogP contribution in [0.5, 0.6) is 0 Å². The van der Waals surface area contributed by atoms with Crippen LogP contribution in [0.25, 0.3) is 0 Å². The molecule has 1 aliphatic carbocycles. The fraction of sp³-hybridized carbons (Fsp3) is 0.800. The first-order valence-electron chi connectivity index (χ1n) is 5.03. The summed E-state index contributed by atoms with van der Waals surface area (Å²) in [4.78, 5) is 11.9. The van der Waals surface area contributed by atoms with E-state index in [1.54, 1.807) is 20.8 Å². The van der Waals surface area contributed by atoms with E-state index in [9.17, 15) is 4.79 Å². The molecule has 0 heterocycles. The number of nitrogens with two attached hydrogens (primary N) is 1. The lowest BCUT2D eigenvalue weighted by molar-refractivity contribution is -0.167. The molecule has 1 aliphatic rings. The molecule has 0 saturated heterocycles. The van der Waals surface area contributed by atoms with Gasteiger partial charge in [-0.25, -0.2) is 0 Å². The van der Waals surface area contributed by atoms with Crippen LogP contribution in [0, 0.1) is 5.41 Å².